The van der Waals surface area contributed by atoms with Crippen LogP contribution >= 0.6 is 0 Å². The SMILES string of the molecule is CN(CCCN(C)Cc1ccccc1N[Si](C)(C)C)Cc1ccccc1N[Si](C)(C)C. The molecule has 0 spiro atoms. The molecular formula is C25H44N4Si2. The second-order valence-electron chi connectivity index (χ2n) is 10.9. The molecule has 172 valence electrons. The summed E-state index contributed by atoms with van der Waals surface area (Å²) in [7, 11) is 1.76. The molecule has 0 aromatic heterocycles. The first-order chi connectivity index (χ1) is 14.4. The number of nitrogens with one attached hydrogen (secondary N) is 2. The van der Waals surface area contributed by atoms with E-state index in [2.05, 4.69) is 122 Å². The minimum Gasteiger partial charge on any atom is -0.411 e. The van der Waals surface area contributed by atoms with E-state index in [1.807, 2.05) is 0 Å². The third kappa shape index (κ3) is 10.0. The molecule has 0 aliphatic carbocycles. The van der Waals surface area contributed by atoms with Crippen LogP contribution in [0.25, 0.3) is 0 Å². The van der Waals surface area contributed by atoms with Crippen molar-refractivity contribution in [1.82, 2.24) is 9.80 Å². The molecule has 2 aromatic rings. The Morgan fingerprint density at radius 3 is 1.32 bits per heavy atom. The summed E-state index contributed by atoms with van der Waals surface area (Å²) < 4.78 is 0. The lowest BCUT2D eigenvalue weighted by atomic mass is 10.1. The zero-order chi connectivity index (χ0) is 23.1. The van der Waals surface area contributed by atoms with Crippen molar-refractivity contribution in [2.24, 2.45) is 0 Å². The molecule has 0 aliphatic rings. The van der Waals surface area contributed by atoms with Crippen molar-refractivity contribution in [1.29, 1.82) is 0 Å². The minimum atomic E-state index is -1.36. The monoisotopic (exact) mass is 456 g/mol. The predicted octanol–water partition coefficient (Wildman–Crippen LogP) is 6.13. The van der Waals surface area contributed by atoms with Crippen LogP contribution < -0.4 is 9.96 Å². The molecule has 0 aliphatic heterocycles. The van der Waals surface area contributed by atoms with Gasteiger partial charge in [0.05, 0.1) is 0 Å². The van der Waals surface area contributed by atoms with Gasteiger partial charge in [-0.15, -0.1) is 0 Å². The topological polar surface area (TPSA) is 30.5 Å². The summed E-state index contributed by atoms with van der Waals surface area (Å²) in [4.78, 5) is 12.4. The molecule has 0 radical (unpaired) electrons. The number of benzene rings is 2. The number of anilines is 2. The predicted molar refractivity (Wildman–Crippen MR) is 144 cm³/mol. The lowest BCUT2D eigenvalue weighted by molar-refractivity contribution is 0.270. The third-order valence-electron chi connectivity index (χ3n) is 5.01. The van der Waals surface area contributed by atoms with Crippen LogP contribution in [0, 0.1) is 0 Å². The molecule has 31 heavy (non-hydrogen) atoms. The number of para-hydroxylation sites is 2. The van der Waals surface area contributed by atoms with Gasteiger partial charge in [0.15, 0.2) is 0 Å². The van der Waals surface area contributed by atoms with Gasteiger partial charge in [0.25, 0.3) is 0 Å². The first kappa shape index (κ1) is 25.7. The Morgan fingerprint density at radius 2 is 0.968 bits per heavy atom. The lowest BCUT2D eigenvalue weighted by Gasteiger charge is -2.26. The van der Waals surface area contributed by atoms with E-state index >= 15 is 0 Å². The van der Waals surface area contributed by atoms with Crippen molar-refractivity contribution in [3.05, 3.63) is 59.7 Å². The molecular weight excluding hydrogens is 412 g/mol. The Balaban J connectivity index is 1.84. The number of hydrogen-bond acceptors (Lipinski definition) is 4. The van der Waals surface area contributed by atoms with Gasteiger partial charge in [0, 0.05) is 24.5 Å². The summed E-state index contributed by atoms with van der Waals surface area (Å²) in [5.41, 5.74) is 5.40. The van der Waals surface area contributed by atoms with E-state index in [9.17, 15) is 0 Å². The van der Waals surface area contributed by atoms with E-state index in [0.717, 1.165) is 26.2 Å². The fourth-order valence-corrected chi connectivity index (χ4v) is 5.82. The van der Waals surface area contributed by atoms with E-state index in [0.29, 0.717) is 0 Å². The quantitative estimate of drug-likeness (QED) is 0.376. The molecule has 2 N–H and O–H groups in total. The standard InChI is InChI=1S/C25H44N4Si2/c1-28(20-22-14-9-11-16-24(22)26-30(3,4)5)18-13-19-29(2)21-23-15-10-12-17-25(23)27-31(6,7)8/h9-12,14-17,26-27H,13,18-21H2,1-8H3. The van der Waals surface area contributed by atoms with E-state index in [-0.39, 0.29) is 0 Å². The van der Waals surface area contributed by atoms with Gasteiger partial charge in [0.2, 0.25) is 0 Å². The minimum absolute atomic E-state index is 0.986. The van der Waals surface area contributed by atoms with Gasteiger partial charge in [0.1, 0.15) is 16.5 Å². The van der Waals surface area contributed by atoms with Crippen LogP contribution in [0.3, 0.4) is 0 Å². The van der Waals surface area contributed by atoms with Gasteiger partial charge in [-0.05, 0) is 56.9 Å². The molecule has 2 aromatic carbocycles. The molecule has 0 saturated carbocycles. The van der Waals surface area contributed by atoms with Crippen molar-refractivity contribution in [2.45, 2.75) is 58.8 Å². The second kappa shape index (κ2) is 11.3. The van der Waals surface area contributed by atoms with Gasteiger partial charge in [-0.2, -0.15) is 0 Å². The molecule has 2 rings (SSSR count). The zero-order valence-corrected chi connectivity index (χ0v) is 23.0. The van der Waals surface area contributed by atoms with Gasteiger partial charge < -0.3 is 19.8 Å². The highest BCUT2D eigenvalue weighted by atomic mass is 28.3. The summed E-state index contributed by atoms with van der Waals surface area (Å²) in [6, 6.07) is 17.5. The molecule has 0 amide bonds. The van der Waals surface area contributed by atoms with Gasteiger partial charge in [-0.1, -0.05) is 75.7 Å². The lowest BCUT2D eigenvalue weighted by Crippen LogP contribution is -2.33. The first-order valence-corrected chi connectivity index (χ1v) is 18.5. The molecule has 0 atom stereocenters. The molecule has 0 fully saturated rings. The second-order valence-corrected chi connectivity index (χ2v) is 20.4. The summed E-state index contributed by atoms with van der Waals surface area (Å²) in [5, 5.41) is 0. The fourth-order valence-electron chi connectivity index (χ4n) is 3.72. The van der Waals surface area contributed by atoms with Crippen LogP contribution in [0.15, 0.2) is 48.5 Å². The zero-order valence-electron chi connectivity index (χ0n) is 21.0. The van der Waals surface area contributed by atoms with Crippen molar-refractivity contribution >= 4 is 27.8 Å². The van der Waals surface area contributed by atoms with Crippen molar-refractivity contribution < 1.29 is 0 Å². The van der Waals surface area contributed by atoms with Crippen LogP contribution in [0.2, 0.25) is 39.3 Å². The average molecular weight is 457 g/mol. The molecule has 0 unspecified atom stereocenters. The molecule has 0 bridgehead atoms. The molecule has 0 heterocycles. The van der Waals surface area contributed by atoms with E-state index in [4.69, 9.17) is 0 Å². The normalized spacial score (nSPS) is 12.5. The Bertz CT molecular complexity index is 744. The van der Waals surface area contributed by atoms with Gasteiger partial charge >= 0.3 is 0 Å². The highest BCUT2D eigenvalue weighted by Crippen LogP contribution is 2.21. The maximum atomic E-state index is 3.78. The van der Waals surface area contributed by atoms with Crippen LogP contribution in [0.4, 0.5) is 11.4 Å². The summed E-state index contributed by atoms with van der Waals surface area (Å²) in [5.74, 6) is 0. The Kier molecular flexibility index (Phi) is 9.36. The van der Waals surface area contributed by atoms with Crippen molar-refractivity contribution in [2.75, 3.05) is 37.1 Å². The largest absolute Gasteiger partial charge is 0.411 e. The van der Waals surface area contributed by atoms with E-state index < -0.39 is 16.5 Å². The first-order valence-electron chi connectivity index (χ1n) is 11.5. The Hall–Kier alpha value is -1.61. The van der Waals surface area contributed by atoms with Crippen LogP contribution in [-0.2, 0) is 13.1 Å². The molecule has 6 heteroatoms. The van der Waals surface area contributed by atoms with Gasteiger partial charge in [-0.25, -0.2) is 0 Å². The third-order valence-corrected chi connectivity index (χ3v) is 7.05. The van der Waals surface area contributed by atoms with Gasteiger partial charge in [-0.3, -0.25) is 0 Å². The highest BCUT2D eigenvalue weighted by Gasteiger charge is 2.16. The average Bonchev–Trinajstić information content (AvgIpc) is 2.62. The Morgan fingerprint density at radius 1 is 0.613 bits per heavy atom. The number of hydrogen-bond donors (Lipinski definition) is 2. The molecule has 4 nitrogen and oxygen atoms in total. The summed E-state index contributed by atoms with van der Waals surface area (Å²) in [6.07, 6.45) is 1.17. The number of rotatable bonds is 12. The van der Waals surface area contributed by atoms with E-state index in [1.54, 1.807) is 0 Å². The maximum absolute atomic E-state index is 3.78. The van der Waals surface area contributed by atoms with Crippen LogP contribution in [-0.4, -0.2) is 53.5 Å². The van der Waals surface area contributed by atoms with Crippen molar-refractivity contribution in [3.8, 4) is 0 Å². The highest BCUT2D eigenvalue weighted by molar-refractivity contribution is 6.79. The number of nitrogens with zero attached hydrogens (tertiary/aromatic N) is 2. The maximum Gasteiger partial charge on any atom is 0.144 e. The van der Waals surface area contributed by atoms with Crippen molar-refractivity contribution in [3.63, 3.8) is 0 Å². The van der Waals surface area contributed by atoms with Crippen LogP contribution in [0.5, 0.6) is 0 Å². The van der Waals surface area contributed by atoms with Crippen LogP contribution in [0.1, 0.15) is 17.5 Å². The fraction of sp³-hybridized carbons (Fsp3) is 0.520. The summed E-state index contributed by atoms with van der Waals surface area (Å²) >= 11 is 0. The van der Waals surface area contributed by atoms with E-state index in [1.165, 1.54) is 28.9 Å². The molecule has 0 saturated heterocycles. The smallest absolute Gasteiger partial charge is 0.144 e. The summed E-state index contributed by atoms with van der Waals surface area (Å²) in [6.45, 7) is 18.3. The Labute approximate surface area is 193 Å².